The van der Waals surface area contributed by atoms with Crippen molar-refractivity contribution in [1.29, 1.82) is 0 Å². The lowest BCUT2D eigenvalue weighted by atomic mass is 9.81. The predicted octanol–water partition coefficient (Wildman–Crippen LogP) is 8.28. The lowest BCUT2D eigenvalue weighted by molar-refractivity contribution is -0.160. The van der Waals surface area contributed by atoms with Crippen LogP contribution in [-0.2, 0) is 29.0 Å². The first-order chi connectivity index (χ1) is 20.6. The van der Waals surface area contributed by atoms with Crippen molar-refractivity contribution in [2.75, 3.05) is 24.5 Å². The fourth-order valence-electron chi connectivity index (χ4n) is 6.56. The molecular formula is C36H45ClFN3O3. The van der Waals surface area contributed by atoms with Crippen molar-refractivity contribution in [3.8, 4) is 11.1 Å². The van der Waals surface area contributed by atoms with E-state index in [0.717, 1.165) is 73.5 Å². The van der Waals surface area contributed by atoms with Crippen LogP contribution in [-0.4, -0.2) is 46.2 Å². The van der Waals surface area contributed by atoms with Gasteiger partial charge in [0.1, 0.15) is 5.82 Å². The van der Waals surface area contributed by atoms with Gasteiger partial charge in [0.15, 0.2) is 6.10 Å². The van der Waals surface area contributed by atoms with Gasteiger partial charge in [0.2, 0.25) is 0 Å². The summed E-state index contributed by atoms with van der Waals surface area (Å²) in [5.74, 6) is -1.29. The van der Waals surface area contributed by atoms with E-state index in [1.165, 1.54) is 23.3 Å². The van der Waals surface area contributed by atoms with Gasteiger partial charge >= 0.3 is 5.97 Å². The Bertz CT molecular complexity index is 1560. The molecule has 44 heavy (non-hydrogen) atoms. The third kappa shape index (κ3) is 7.11. The maximum Gasteiger partial charge on any atom is 0.337 e. The van der Waals surface area contributed by atoms with Crippen LogP contribution in [0, 0.1) is 25.1 Å². The van der Waals surface area contributed by atoms with Gasteiger partial charge in [0.25, 0.3) is 0 Å². The number of carboxylic acids is 1. The van der Waals surface area contributed by atoms with Crippen molar-refractivity contribution in [3.05, 3.63) is 80.9 Å². The molecule has 6 nitrogen and oxygen atoms in total. The van der Waals surface area contributed by atoms with Crippen LogP contribution < -0.4 is 4.90 Å². The highest BCUT2D eigenvalue weighted by Crippen LogP contribution is 2.45. The Morgan fingerprint density at radius 1 is 1.07 bits per heavy atom. The summed E-state index contributed by atoms with van der Waals surface area (Å²) in [6, 6.07) is 11.1. The average molecular weight is 622 g/mol. The molecule has 2 aromatic carbocycles. The third-order valence-electron chi connectivity index (χ3n) is 8.96. The van der Waals surface area contributed by atoms with Gasteiger partial charge in [-0.15, -0.1) is 0 Å². The van der Waals surface area contributed by atoms with Crippen molar-refractivity contribution >= 4 is 23.3 Å². The number of piperidine rings is 1. The number of carboxylic acid groups (broad SMARTS) is 1. The Hall–Kier alpha value is -3.00. The number of aromatic nitrogens is 1. The smallest absolute Gasteiger partial charge is 0.337 e. The lowest BCUT2D eigenvalue weighted by Gasteiger charge is -2.41. The Morgan fingerprint density at radius 2 is 1.77 bits per heavy atom. The van der Waals surface area contributed by atoms with Crippen LogP contribution in [0.3, 0.4) is 0 Å². The Kier molecular flexibility index (Phi) is 9.14. The first-order valence-corrected chi connectivity index (χ1v) is 15.9. The molecule has 0 aliphatic carbocycles. The van der Waals surface area contributed by atoms with E-state index in [4.69, 9.17) is 21.3 Å². The van der Waals surface area contributed by atoms with Gasteiger partial charge in [0.05, 0.1) is 11.3 Å². The number of pyridine rings is 1. The fourth-order valence-corrected chi connectivity index (χ4v) is 6.74. The first kappa shape index (κ1) is 32.4. The summed E-state index contributed by atoms with van der Waals surface area (Å²) in [5, 5.41) is 11.0. The molecule has 0 spiro atoms. The molecule has 1 fully saturated rings. The second-order valence-corrected chi connectivity index (χ2v) is 14.6. The molecule has 236 valence electrons. The molecule has 0 radical (unpaired) electrons. The predicted molar refractivity (Wildman–Crippen MR) is 175 cm³/mol. The lowest BCUT2D eigenvalue weighted by Crippen LogP contribution is -2.39. The van der Waals surface area contributed by atoms with E-state index in [2.05, 4.69) is 41.8 Å². The van der Waals surface area contributed by atoms with Crippen molar-refractivity contribution in [3.63, 3.8) is 0 Å². The molecule has 3 aromatic rings. The summed E-state index contributed by atoms with van der Waals surface area (Å²) in [7, 11) is 0. The number of hydrogen-bond acceptors (Lipinski definition) is 5. The van der Waals surface area contributed by atoms with E-state index in [-0.39, 0.29) is 11.2 Å². The van der Waals surface area contributed by atoms with Gasteiger partial charge in [-0.1, -0.05) is 43.6 Å². The maximum atomic E-state index is 13.9. The van der Waals surface area contributed by atoms with Crippen molar-refractivity contribution in [1.82, 2.24) is 9.88 Å². The molecule has 5 rings (SSSR count). The maximum absolute atomic E-state index is 13.9. The number of nitrogens with zero attached hydrogens (tertiary/aromatic N) is 3. The standard InChI is InChI=1S/C36H45ClFN3O3/c1-22-30(25-8-9-26-20-40(15-12-24(26)18-25)21-27-19-28(38)10-11-29(27)37)32(41-16-13-36(6,7)14-17-41)31(23(2)39-22)33(34(42)43)44-35(3,4)5/h8-11,18-19,33H,12-17,20-21H2,1-7H3,(H,42,43). The van der Waals surface area contributed by atoms with E-state index in [1.54, 1.807) is 6.07 Å². The van der Waals surface area contributed by atoms with Gasteiger partial charge in [0, 0.05) is 60.3 Å². The summed E-state index contributed by atoms with van der Waals surface area (Å²) in [4.78, 5) is 22.4. The van der Waals surface area contributed by atoms with Gasteiger partial charge in [-0.2, -0.15) is 0 Å². The zero-order chi connectivity index (χ0) is 32.0. The Balaban J connectivity index is 1.57. The monoisotopic (exact) mass is 621 g/mol. The average Bonchev–Trinajstić information content (AvgIpc) is 2.93. The number of carbonyl (C=O) groups is 1. The van der Waals surface area contributed by atoms with E-state index in [9.17, 15) is 14.3 Å². The highest BCUT2D eigenvalue weighted by molar-refractivity contribution is 6.31. The van der Waals surface area contributed by atoms with Crippen LogP contribution in [0.4, 0.5) is 10.1 Å². The number of halogens is 2. The normalized spacial score (nSPS) is 17.8. The van der Waals surface area contributed by atoms with Gasteiger partial charge in [-0.25, -0.2) is 9.18 Å². The molecule has 1 atom stereocenters. The van der Waals surface area contributed by atoms with Gasteiger partial charge < -0.3 is 14.7 Å². The number of ether oxygens (including phenoxy) is 1. The number of fused-ring (bicyclic) bond motifs is 1. The SMILES string of the molecule is Cc1nc(C)c(C(OC(C)(C)C)C(=O)O)c(N2CCC(C)(C)CC2)c1-c1ccc2c(c1)CCN(Cc1cc(F)ccc1Cl)C2. The molecule has 1 N–H and O–H groups in total. The zero-order valence-electron chi connectivity index (χ0n) is 27.1. The largest absolute Gasteiger partial charge is 0.479 e. The van der Waals surface area contributed by atoms with E-state index >= 15 is 0 Å². The fraction of sp³-hybridized carbons (Fsp3) is 0.500. The van der Waals surface area contributed by atoms with E-state index < -0.39 is 17.7 Å². The number of hydrogen-bond donors (Lipinski definition) is 1. The quantitative estimate of drug-likeness (QED) is 0.286. The summed E-state index contributed by atoms with van der Waals surface area (Å²) in [6.07, 6.45) is 1.73. The molecule has 1 saturated heterocycles. The molecule has 2 aliphatic heterocycles. The van der Waals surface area contributed by atoms with Crippen molar-refractivity contribution < 1.29 is 19.0 Å². The number of anilines is 1. The summed E-state index contributed by atoms with van der Waals surface area (Å²) in [6.45, 7) is 18.0. The van der Waals surface area contributed by atoms with E-state index in [0.29, 0.717) is 22.8 Å². The molecule has 1 unspecified atom stereocenters. The molecule has 0 bridgehead atoms. The number of benzene rings is 2. The third-order valence-corrected chi connectivity index (χ3v) is 9.33. The molecule has 3 heterocycles. The molecule has 2 aliphatic rings. The van der Waals surface area contributed by atoms with Crippen LogP contribution in [0.5, 0.6) is 0 Å². The van der Waals surface area contributed by atoms with Crippen molar-refractivity contribution in [2.24, 2.45) is 5.41 Å². The topological polar surface area (TPSA) is 65.9 Å². The molecule has 0 saturated carbocycles. The minimum atomic E-state index is -1.15. The van der Waals surface area contributed by atoms with E-state index in [1.807, 2.05) is 34.6 Å². The molecular weight excluding hydrogens is 577 g/mol. The van der Waals surface area contributed by atoms with Crippen LogP contribution in [0.25, 0.3) is 11.1 Å². The second kappa shape index (κ2) is 12.4. The van der Waals surface area contributed by atoms with Crippen molar-refractivity contribution in [2.45, 2.75) is 92.5 Å². The zero-order valence-corrected chi connectivity index (χ0v) is 27.8. The summed E-state index contributed by atoms with van der Waals surface area (Å²) in [5.41, 5.74) is 8.01. The minimum Gasteiger partial charge on any atom is -0.479 e. The number of aryl methyl sites for hydroxylation is 2. The first-order valence-electron chi connectivity index (χ1n) is 15.6. The molecule has 0 amide bonds. The van der Waals surface area contributed by atoms with Gasteiger partial charge in [-0.3, -0.25) is 9.88 Å². The van der Waals surface area contributed by atoms with Crippen LogP contribution in [0.15, 0.2) is 36.4 Å². The minimum absolute atomic E-state index is 0.232. The summed E-state index contributed by atoms with van der Waals surface area (Å²) >= 11 is 6.37. The van der Waals surface area contributed by atoms with Gasteiger partial charge in [-0.05, 0) is 99.7 Å². The second-order valence-electron chi connectivity index (χ2n) is 14.2. The highest BCUT2D eigenvalue weighted by Gasteiger charge is 2.36. The summed E-state index contributed by atoms with van der Waals surface area (Å²) < 4.78 is 20.1. The molecule has 8 heteroatoms. The number of aliphatic carboxylic acids is 1. The highest BCUT2D eigenvalue weighted by atomic mass is 35.5. The Morgan fingerprint density at radius 3 is 2.43 bits per heavy atom. The van der Waals surface area contributed by atoms with Crippen LogP contribution >= 0.6 is 11.6 Å². The number of rotatable bonds is 7. The Labute approximate surface area is 266 Å². The van der Waals surface area contributed by atoms with Crippen LogP contribution in [0.2, 0.25) is 5.02 Å². The molecule has 1 aromatic heterocycles. The van der Waals surface area contributed by atoms with Crippen LogP contribution in [0.1, 0.15) is 87.2 Å².